The highest BCUT2D eigenvalue weighted by Gasteiger charge is 2.24. The summed E-state index contributed by atoms with van der Waals surface area (Å²) < 4.78 is 0. The van der Waals surface area contributed by atoms with Gasteiger partial charge in [0.05, 0.1) is 0 Å². The summed E-state index contributed by atoms with van der Waals surface area (Å²) in [7, 11) is 0. The van der Waals surface area contributed by atoms with Gasteiger partial charge in [-0.3, -0.25) is 9.59 Å². The molecule has 0 bridgehead atoms. The van der Waals surface area contributed by atoms with Crippen molar-refractivity contribution in [3.63, 3.8) is 0 Å². The van der Waals surface area contributed by atoms with Crippen LogP contribution in [0.15, 0.2) is 18.2 Å². The van der Waals surface area contributed by atoms with Crippen LogP contribution in [-0.2, 0) is 11.3 Å². The third-order valence-electron chi connectivity index (χ3n) is 3.51. The van der Waals surface area contributed by atoms with Gasteiger partial charge in [-0.25, -0.2) is 4.79 Å². The van der Waals surface area contributed by atoms with E-state index in [1.54, 1.807) is 32.0 Å². The Bertz CT molecular complexity index is 625. The summed E-state index contributed by atoms with van der Waals surface area (Å²) >= 11 is 0. The van der Waals surface area contributed by atoms with Crippen LogP contribution in [0.5, 0.6) is 0 Å². The third kappa shape index (κ3) is 3.75. The van der Waals surface area contributed by atoms with Gasteiger partial charge in [0, 0.05) is 35.3 Å². The zero-order valence-corrected chi connectivity index (χ0v) is 12.5. The number of carbonyl (C=O) groups is 3. The van der Waals surface area contributed by atoms with E-state index in [0.717, 1.165) is 5.56 Å². The first-order valence-electron chi connectivity index (χ1n) is 6.99. The van der Waals surface area contributed by atoms with Crippen LogP contribution in [-0.4, -0.2) is 28.6 Å². The molecule has 3 amide bonds. The molecular weight excluding hydrogens is 286 g/mol. The van der Waals surface area contributed by atoms with Gasteiger partial charge in [0.25, 0.3) is 5.91 Å². The lowest BCUT2D eigenvalue weighted by Gasteiger charge is -2.26. The molecule has 0 fully saturated rings. The van der Waals surface area contributed by atoms with E-state index in [2.05, 4.69) is 16.0 Å². The van der Waals surface area contributed by atoms with Crippen LogP contribution >= 0.6 is 0 Å². The fourth-order valence-electron chi connectivity index (χ4n) is 2.31. The Labute approximate surface area is 128 Å². The minimum atomic E-state index is -0.902. The Hall–Kier alpha value is -2.57. The number of amides is 3. The van der Waals surface area contributed by atoms with Gasteiger partial charge in [0.1, 0.15) is 0 Å². The zero-order valence-electron chi connectivity index (χ0n) is 12.5. The Morgan fingerprint density at radius 2 is 2.09 bits per heavy atom. The Balaban J connectivity index is 2.01. The second kappa shape index (κ2) is 6.05. The average Bonchev–Trinajstić information content (AvgIpc) is 2.79. The molecule has 1 aromatic carbocycles. The van der Waals surface area contributed by atoms with Crippen LogP contribution < -0.4 is 16.0 Å². The highest BCUT2D eigenvalue weighted by Crippen LogP contribution is 2.24. The molecule has 0 aliphatic carbocycles. The molecule has 1 aliphatic rings. The molecule has 1 aliphatic heterocycles. The van der Waals surface area contributed by atoms with Crippen LogP contribution in [0.2, 0.25) is 0 Å². The van der Waals surface area contributed by atoms with Crippen molar-refractivity contribution >= 4 is 23.6 Å². The molecule has 22 heavy (non-hydrogen) atoms. The number of benzene rings is 1. The van der Waals surface area contributed by atoms with E-state index in [4.69, 9.17) is 5.11 Å². The SMILES string of the molecule is CC(C)(CCC(=O)O)NC(=O)Nc1cccc2c1CNC2=O. The Kier molecular flexibility index (Phi) is 4.35. The van der Waals surface area contributed by atoms with Gasteiger partial charge < -0.3 is 21.1 Å². The molecule has 4 N–H and O–H groups in total. The average molecular weight is 305 g/mol. The van der Waals surface area contributed by atoms with Crippen LogP contribution in [0.25, 0.3) is 0 Å². The lowest BCUT2D eigenvalue weighted by atomic mass is 9.99. The van der Waals surface area contributed by atoms with Crippen LogP contribution in [0, 0.1) is 0 Å². The van der Waals surface area contributed by atoms with Crippen molar-refractivity contribution in [1.82, 2.24) is 10.6 Å². The van der Waals surface area contributed by atoms with Gasteiger partial charge >= 0.3 is 12.0 Å². The number of nitrogens with one attached hydrogen (secondary N) is 3. The van der Waals surface area contributed by atoms with Crippen LogP contribution in [0.4, 0.5) is 10.5 Å². The minimum absolute atomic E-state index is 0.0214. The first-order valence-corrected chi connectivity index (χ1v) is 6.99. The molecule has 7 heteroatoms. The van der Waals surface area contributed by atoms with Crippen molar-refractivity contribution < 1.29 is 19.5 Å². The topological polar surface area (TPSA) is 108 Å². The van der Waals surface area contributed by atoms with Gasteiger partial charge in [-0.05, 0) is 32.4 Å². The van der Waals surface area contributed by atoms with Crippen molar-refractivity contribution in [1.29, 1.82) is 0 Å². The summed E-state index contributed by atoms with van der Waals surface area (Å²) in [6, 6.07) is 4.71. The first kappa shape index (κ1) is 15.8. The molecule has 1 heterocycles. The zero-order chi connectivity index (χ0) is 16.3. The molecule has 1 aromatic rings. The number of hydrogen-bond donors (Lipinski definition) is 4. The quantitative estimate of drug-likeness (QED) is 0.664. The third-order valence-corrected chi connectivity index (χ3v) is 3.51. The maximum Gasteiger partial charge on any atom is 0.319 e. The van der Waals surface area contributed by atoms with Crippen molar-refractivity contribution in [2.45, 2.75) is 38.8 Å². The fourth-order valence-corrected chi connectivity index (χ4v) is 2.31. The number of rotatable bonds is 5. The van der Waals surface area contributed by atoms with Gasteiger partial charge in [-0.2, -0.15) is 0 Å². The maximum atomic E-state index is 12.1. The predicted octanol–water partition coefficient (Wildman–Crippen LogP) is 1.69. The van der Waals surface area contributed by atoms with E-state index in [-0.39, 0.29) is 12.3 Å². The van der Waals surface area contributed by atoms with E-state index in [1.807, 2.05) is 0 Å². The summed E-state index contributed by atoms with van der Waals surface area (Å²) in [5.74, 6) is -1.05. The highest BCUT2D eigenvalue weighted by molar-refractivity contribution is 6.01. The lowest BCUT2D eigenvalue weighted by Crippen LogP contribution is -2.45. The summed E-state index contributed by atoms with van der Waals surface area (Å²) in [6.45, 7) is 3.90. The van der Waals surface area contributed by atoms with Crippen LogP contribution in [0.1, 0.15) is 42.6 Å². The van der Waals surface area contributed by atoms with Gasteiger partial charge in [-0.15, -0.1) is 0 Å². The molecule has 0 saturated carbocycles. The number of carboxylic acids is 1. The predicted molar refractivity (Wildman–Crippen MR) is 80.7 cm³/mol. The van der Waals surface area contributed by atoms with Gasteiger partial charge in [0.15, 0.2) is 0 Å². The number of anilines is 1. The molecule has 0 aromatic heterocycles. The molecule has 7 nitrogen and oxygen atoms in total. The van der Waals surface area contributed by atoms with Crippen LogP contribution in [0.3, 0.4) is 0 Å². The molecule has 118 valence electrons. The number of carboxylic acid groups (broad SMARTS) is 1. The van der Waals surface area contributed by atoms with E-state index in [9.17, 15) is 14.4 Å². The number of urea groups is 1. The summed E-state index contributed by atoms with van der Waals surface area (Å²) in [5.41, 5.74) is 1.24. The Morgan fingerprint density at radius 1 is 1.36 bits per heavy atom. The first-order chi connectivity index (χ1) is 10.3. The largest absolute Gasteiger partial charge is 0.481 e. The fraction of sp³-hybridized carbons (Fsp3) is 0.400. The van der Waals surface area contributed by atoms with Gasteiger partial charge in [0.2, 0.25) is 0 Å². The highest BCUT2D eigenvalue weighted by atomic mass is 16.4. The number of carbonyl (C=O) groups excluding carboxylic acids is 2. The van der Waals surface area contributed by atoms with Crippen molar-refractivity contribution in [2.75, 3.05) is 5.32 Å². The standard InChI is InChI=1S/C15H19N3O4/c1-15(2,7-6-12(19)20)18-14(22)17-11-5-3-4-9-10(11)8-16-13(9)21/h3-5H,6-8H2,1-2H3,(H,16,21)(H,19,20)(H2,17,18,22). The number of aliphatic carboxylic acids is 1. The molecule has 2 rings (SSSR count). The normalized spacial score (nSPS) is 13.3. The Morgan fingerprint density at radius 3 is 2.77 bits per heavy atom. The number of fused-ring (bicyclic) bond motifs is 1. The molecule has 0 radical (unpaired) electrons. The lowest BCUT2D eigenvalue weighted by molar-refractivity contribution is -0.137. The summed E-state index contributed by atoms with van der Waals surface area (Å²) in [5, 5.41) is 16.9. The molecule has 0 spiro atoms. The van der Waals surface area contributed by atoms with E-state index < -0.39 is 17.5 Å². The molecule has 0 unspecified atom stereocenters. The monoisotopic (exact) mass is 305 g/mol. The van der Waals surface area contributed by atoms with Crippen molar-refractivity contribution in [3.8, 4) is 0 Å². The maximum absolute atomic E-state index is 12.1. The second-order valence-corrected chi connectivity index (χ2v) is 5.87. The summed E-state index contributed by atoms with van der Waals surface area (Å²) in [4.78, 5) is 34.3. The van der Waals surface area contributed by atoms with E-state index >= 15 is 0 Å². The molecule has 0 atom stereocenters. The van der Waals surface area contributed by atoms with E-state index in [1.165, 1.54) is 0 Å². The second-order valence-electron chi connectivity index (χ2n) is 5.87. The molecular formula is C15H19N3O4. The molecule has 0 saturated heterocycles. The van der Waals surface area contributed by atoms with E-state index in [0.29, 0.717) is 24.2 Å². The smallest absolute Gasteiger partial charge is 0.319 e. The number of hydrogen-bond acceptors (Lipinski definition) is 3. The minimum Gasteiger partial charge on any atom is -0.481 e. The van der Waals surface area contributed by atoms with Gasteiger partial charge in [-0.1, -0.05) is 6.07 Å². The van der Waals surface area contributed by atoms with Crippen molar-refractivity contribution in [3.05, 3.63) is 29.3 Å². The summed E-state index contributed by atoms with van der Waals surface area (Å²) in [6.07, 6.45) is 0.301. The van der Waals surface area contributed by atoms with Crippen molar-refractivity contribution in [2.24, 2.45) is 0 Å².